The van der Waals surface area contributed by atoms with Gasteiger partial charge in [-0.05, 0) is 32.7 Å². The second-order valence-corrected chi connectivity index (χ2v) is 4.96. The van der Waals surface area contributed by atoms with E-state index in [0.717, 1.165) is 26.1 Å². The van der Waals surface area contributed by atoms with Gasteiger partial charge in [-0.25, -0.2) is 4.98 Å². The summed E-state index contributed by atoms with van der Waals surface area (Å²) in [6.45, 7) is 5.28. The number of imidazole rings is 1. The number of esters is 1. The molecule has 106 valence electrons. The van der Waals surface area contributed by atoms with Gasteiger partial charge in [0.15, 0.2) is 0 Å². The maximum Gasteiger partial charge on any atom is 0.305 e. The first kappa shape index (κ1) is 14.1. The highest BCUT2D eigenvalue weighted by molar-refractivity contribution is 5.69. The average Bonchev–Trinajstić information content (AvgIpc) is 2.88. The van der Waals surface area contributed by atoms with Crippen LogP contribution in [0.5, 0.6) is 0 Å². The van der Waals surface area contributed by atoms with Crippen molar-refractivity contribution in [2.45, 2.75) is 45.1 Å². The summed E-state index contributed by atoms with van der Waals surface area (Å²) in [6.07, 6.45) is 7.56. The molecular formula is C14H23N3O2. The van der Waals surface area contributed by atoms with Crippen LogP contribution in [0.3, 0.4) is 0 Å². The van der Waals surface area contributed by atoms with Gasteiger partial charge in [-0.3, -0.25) is 4.79 Å². The summed E-state index contributed by atoms with van der Waals surface area (Å²) in [7, 11) is 0. The Kier molecular flexibility index (Phi) is 5.39. The van der Waals surface area contributed by atoms with Crippen molar-refractivity contribution in [3.05, 3.63) is 18.2 Å². The number of nitrogens with zero attached hydrogens (tertiary/aromatic N) is 2. The Morgan fingerprint density at radius 2 is 2.53 bits per heavy atom. The first-order valence-corrected chi connectivity index (χ1v) is 7.17. The fourth-order valence-corrected chi connectivity index (χ4v) is 2.59. The quantitative estimate of drug-likeness (QED) is 0.795. The van der Waals surface area contributed by atoms with Gasteiger partial charge in [-0.15, -0.1) is 0 Å². The summed E-state index contributed by atoms with van der Waals surface area (Å²) >= 11 is 0. The zero-order valence-corrected chi connectivity index (χ0v) is 11.6. The lowest BCUT2D eigenvalue weighted by Crippen LogP contribution is -2.29. The third kappa shape index (κ3) is 4.06. The summed E-state index contributed by atoms with van der Waals surface area (Å²) in [6, 6.07) is 0. The molecule has 2 rings (SSSR count). The predicted molar refractivity (Wildman–Crippen MR) is 72.9 cm³/mol. The number of rotatable bonds is 6. The molecule has 5 heteroatoms. The van der Waals surface area contributed by atoms with Crippen molar-refractivity contribution in [3.63, 3.8) is 0 Å². The molecule has 0 spiro atoms. The molecule has 1 aromatic rings. The highest BCUT2D eigenvalue weighted by Gasteiger charge is 2.18. The molecule has 5 nitrogen and oxygen atoms in total. The molecule has 1 aliphatic heterocycles. The number of nitrogens with one attached hydrogen (secondary N) is 1. The molecule has 1 fully saturated rings. The lowest BCUT2D eigenvalue weighted by atomic mass is 9.96. The molecule has 0 aromatic carbocycles. The van der Waals surface area contributed by atoms with E-state index in [-0.39, 0.29) is 5.97 Å². The van der Waals surface area contributed by atoms with Gasteiger partial charge < -0.3 is 14.6 Å². The van der Waals surface area contributed by atoms with E-state index in [2.05, 4.69) is 14.9 Å². The Bertz CT molecular complexity index is 397. The van der Waals surface area contributed by atoms with E-state index in [1.54, 1.807) is 0 Å². The van der Waals surface area contributed by atoms with Gasteiger partial charge in [0.2, 0.25) is 0 Å². The van der Waals surface area contributed by atoms with E-state index < -0.39 is 0 Å². The van der Waals surface area contributed by atoms with Crippen LogP contribution in [0.4, 0.5) is 0 Å². The molecule has 0 saturated carbocycles. The second-order valence-electron chi connectivity index (χ2n) is 4.96. The van der Waals surface area contributed by atoms with E-state index >= 15 is 0 Å². The lowest BCUT2D eigenvalue weighted by molar-refractivity contribution is -0.143. The maximum absolute atomic E-state index is 11.3. The number of carbonyl (C=O) groups excluding carboxylic acids is 1. The molecule has 1 atom stereocenters. The highest BCUT2D eigenvalue weighted by Crippen LogP contribution is 2.23. The molecule has 0 bridgehead atoms. The van der Waals surface area contributed by atoms with E-state index in [1.165, 1.54) is 18.5 Å². The van der Waals surface area contributed by atoms with E-state index in [4.69, 9.17) is 4.74 Å². The Morgan fingerprint density at radius 1 is 1.63 bits per heavy atom. The van der Waals surface area contributed by atoms with Crippen LogP contribution in [-0.2, 0) is 16.1 Å². The Balaban J connectivity index is 1.83. The molecule has 0 amide bonds. The Hall–Kier alpha value is -1.36. The average molecular weight is 265 g/mol. The fraction of sp³-hybridized carbons (Fsp3) is 0.714. The van der Waals surface area contributed by atoms with Gasteiger partial charge in [0.25, 0.3) is 0 Å². The van der Waals surface area contributed by atoms with Crippen LogP contribution in [-0.4, -0.2) is 35.2 Å². The molecule has 2 heterocycles. The van der Waals surface area contributed by atoms with Crippen LogP contribution >= 0.6 is 0 Å². The molecule has 19 heavy (non-hydrogen) atoms. The third-order valence-electron chi connectivity index (χ3n) is 3.54. The van der Waals surface area contributed by atoms with E-state index in [9.17, 15) is 4.79 Å². The molecule has 0 aliphatic carbocycles. The smallest absolute Gasteiger partial charge is 0.305 e. The first-order valence-electron chi connectivity index (χ1n) is 7.17. The number of aryl methyl sites for hydroxylation is 1. The molecule has 1 N–H and O–H groups in total. The molecule has 1 unspecified atom stereocenters. The van der Waals surface area contributed by atoms with Crippen molar-refractivity contribution in [2.24, 2.45) is 0 Å². The minimum Gasteiger partial charge on any atom is -0.466 e. The zero-order chi connectivity index (χ0) is 13.5. The first-order chi connectivity index (χ1) is 9.31. The van der Waals surface area contributed by atoms with Crippen LogP contribution in [0, 0.1) is 0 Å². The van der Waals surface area contributed by atoms with Gasteiger partial charge in [0.05, 0.1) is 12.9 Å². The van der Waals surface area contributed by atoms with Crippen molar-refractivity contribution < 1.29 is 9.53 Å². The minimum absolute atomic E-state index is 0.108. The lowest BCUT2D eigenvalue weighted by Gasteiger charge is -2.23. The van der Waals surface area contributed by atoms with Crippen LogP contribution in [0.25, 0.3) is 0 Å². The largest absolute Gasteiger partial charge is 0.466 e. The highest BCUT2D eigenvalue weighted by atomic mass is 16.5. The number of piperidine rings is 1. The maximum atomic E-state index is 11.3. The van der Waals surface area contributed by atoms with Crippen molar-refractivity contribution in [2.75, 3.05) is 19.7 Å². The summed E-state index contributed by atoms with van der Waals surface area (Å²) in [4.78, 5) is 15.6. The normalized spacial score (nSPS) is 19.3. The predicted octanol–water partition coefficient (Wildman–Crippen LogP) is 1.69. The molecule has 1 aliphatic rings. The van der Waals surface area contributed by atoms with Crippen molar-refractivity contribution in [3.8, 4) is 0 Å². The van der Waals surface area contributed by atoms with Gasteiger partial charge in [-0.1, -0.05) is 0 Å². The number of ether oxygens (including phenoxy) is 1. The summed E-state index contributed by atoms with van der Waals surface area (Å²) in [5.74, 6) is 0.447. The number of aromatic nitrogens is 2. The standard InChI is InChI=1S/C14H23N3O2/c1-2-19-14(18)6-4-8-17-11-16-10-13(17)12-5-3-7-15-9-12/h10-12,15H,2-9H2,1H3. The zero-order valence-electron chi connectivity index (χ0n) is 11.6. The summed E-state index contributed by atoms with van der Waals surface area (Å²) in [5.41, 5.74) is 1.29. The number of carbonyl (C=O) groups is 1. The summed E-state index contributed by atoms with van der Waals surface area (Å²) < 4.78 is 7.11. The Labute approximate surface area is 114 Å². The molecule has 0 radical (unpaired) electrons. The van der Waals surface area contributed by atoms with Crippen LogP contribution < -0.4 is 5.32 Å². The number of hydrogen-bond donors (Lipinski definition) is 1. The van der Waals surface area contributed by atoms with E-state index in [0.29, 0.717) is 18.9 Å². The SMILES string of the molecule is CCOC(=O)CCCn1cncc1C1CCCNC1. The van der Waals surface area contributed by atoms with Gasteiger partial charge in [0.1, 0.15) is 0 Å². The molecule has 1 saturated heterocycles. The van der Waals surface area contributed by atoms with Gasteiger partial charge in [0, 0.05) is 37.3 Å². The van der Waals surface area contributed by atoms with Crippen molar-refractivity contribution >= 4 is 5.97 Å². The number of hydrogen-bond acceptors (Lipinski definition) is 4. The minimum atomic E-state index is -0.108. The van der Waals surface area contributed by atoms with Gasteiger partial charge in [-0.2, -0.15) is 0 Å². The van der Waals surface area contributed by atoms with Crippen molar-refractivity contribution in [1.82, 2.24) is 14.9 Å². The van der Waals surface area contributed by atoms with E-state index in [1.807, 2.05) is 19.4 Å². The van der Waals surface area contributed by atoms with Crippen LogP contribution in [0.1, 0.15) is 44.2 Å². The van der Waals surface area contributed by atoms with Crippen LogP contribution in [0.2, 0.25) is 0 Å². The summed E-state index contributed by atoms with van der Waals surface area (Å²) in [5, 5.41) is 3.43. The molecule has 1 aromatic heterocycles. The molecular weight excluding hydrogens is 242 g/mol. The second kappa shape index (κ2) is 7.28. The van der Waals surface area contributed by atoms with Crippen molar-refractivity contribution in [1.29, 1.82) is 0 Å². The topological polar surface area (TPSA) is 56.2 Å². The Morgan fingerprint density at radius 3 is 3.26 bits per heavy atom. The fourth-order valence-electron chi connectivity index (χ4n) is 2.59. The third-order valence-corrected chi connectivity index (χ3v) is 3.54. The van der Waals surface area contributed by atoms with Crippen LogP contribution in [0.15, 0.2) is 12.5 Å². The monoisotopic (exact) mass is 265 g/mol. The van der Waals surface area contributed by atoms with Gasteiger partial charge >= 0.3 is 5.97 Å².